The number of ketones is 1. The van der Waals surface area contributed by atoms with E-state index < -0.39 is 5.97 Å². The van der Waals surface area contributed by atoms with Crippen molar-refractivity contribution in [2.45, 2.75) is 33.7 Å². The van der Waals surface area contributed by atoms with Crippen LogP contribution < -0.4 is 0 Å². The molecule has 2 heterocycles. The lowest BCUT2D eigenvalue weighted by atomic mass is 10.2. The van der Waals surface area contributed by atoms with Gasteiger partial charge in [-0.3, -0.25) is 4.79 Å². The second-order valence-corrected chi connectivity index (χ2v) is 7.81. The van der Waals surface area contributed by atoms with Gasteiger partial charge in [-0.15, -0.1) is 11.3 Å². The van der Waals surface area contributed by atoms with Gasteiger partial charge < -0.3 is 9.30 Å². The SMILES string of the molecule is Cc1cc(C(=O)OCC(=O)c2ccc(Br)s2)c(C)n1C(C)C. The summed E-state index contributed by atoms with van der Waals surface area (Å²) >= 11 is 4.64. The van der Waals surface area contributed by atoms with Gasteiger partial charge in [0.15, 0.2) is 6.61 Å². The first-order chi connectivity index (χ1) is 10.3. The van der Waals surface area contributed by atoms with Crippen molar-refractivity contribution in [1.29, 1.82) is 0 Å². The number of aryl methyl sites for hydroxylation is 1. The van der Waals surface area contributed by atoms with Gasteiger partial charge >= 0.3 is 5.97 Å². The average molecular weight is 384 g/mol. The molecular weight excluding hydrogens is 366 g/mol. The largest absolute Gasteiger partial charge is 0.454 e. The third-order valence-corrected chi connectivity index (χ3v) is 5.07. The first kappa shape index (κ1) is 17.0. The van der Waals surface area contributed by atoms with Gasteiger partial charge in [-0.05, 0) is 61.8 Å². The summed E-state index contributed by atoms with van der Waals surface area (Å²) in [7, 11) is 0. The molecule has 0 aliphatic carbocycles. The zero-order chi connectivity index (χ0) is 16.4. The van der Waals surface area contributed by atoms with E-state index in [9.17, 15) is 9.59 Å². The molecule has 0 saturated heterocycles. The Balaban J connectivity index is 2.07. The Hall–Kier alpha value is -1.40. The Bertz CT molecular complexity index is 715. The molecule has 0 bridgehead atoms. The van der Waals surface area contributed by atoms with Crippen LogP contribution in [0.25, 0.3) is 0 Å². The molecule has 0 amide bonds. The summed E-state index contributed by atoms with van der Waals surface area (Å²) in [6.45, 7) is 7.73. The molecule has 118 valence electrons. The standard InChI is InChI=1S/C16H18BrNO3S/c1-9(2)18-10(3)7-12(11(18)4)16(20)21-8-13(19)14-5-6-15(17)22-14/h5-7,9H,8H2,1-4H3. The highest BCUT2D eigenvalue weighted by Crippen LogP contribution is 2.23. The summed E-state index contributed by atoms with van der Waals surface area (Å²) in [6.07, 6.45) is 0. The Kier molecular flexibility index (Phi) is 5.24. The van der Waals surface area contributed by atoms with Crippen LogP contribution in [0.5, 0.6) is 0 Å². The van der Waals surface area contributed by atoms with Crippen molar-refractivity contribution >= 4 is 39.0 Å². The Morgan fingerprint density at radius 3 is 2.50 bits per heavy atom. The van der Waals surface area contributed by atoms with Crippen molar-refractivity contribution < 1.29 is 14.3 Å². The molecule has 2 rings (SSSR count). The van der Waals surface area contributed by atoms with Gasteiger partial charge in [0.2, 0.25) is 5.78 Å². The molecule has 2 aromatic heterocycles. The highest BCUT2D eigenvalue weighted by Gasteiger charge is 2.19. The van der Waals surface area contributed by atoms with Crippen LogP contribution in [0.3, 0.4) is 0 Å². The van der Waals surface area contributed by atoms with Crippen molar-refractivity contribution in [2.24, 2.45) is 0 Å². The molecule has 2 aromatic rings. The number of hydrogen-bond donors (Lipinski definition) is 0. The molecule has 0 unspecified atom stereocenters. The Labute approximate surface area is 142 Å². The molecular formula is C16H18BrNO3S. The zero-order valence-electron chi connectivity index (χ0n) is 13.0. The average Bonchev–Trinajstić information content (AvgIpc) is 2.99. The second kappa shape index (κ2) is 6.79. The van der Waals surface area contributed by atoms with E-state index in [-0.39, 0.29) is 18.4 Å². The number of halogens is 1. The molecule has 0 N–H and O–H groups in total. The van der Waals surface area contributed by atoms with Crippen LogP contribution in [-0.4, -0.2) is 22.9 Å². The minimum atomic E-state index is -0.455. The van der Waals surface area contributed by atoms with Gasteiger partial charge in [0.1, 0.15) is 0 Å². The van der Waals surface area contributed by atoms with Crippen molar-refractivity contribution in [3.63, 3.8) is 0 Å². The number of carbonyl (C=O) groups is 2. The number of ether oxygens (including phenoxy) is 1. The lowest BCUT2D eigenvalue weighted by Crippen LogP contribution is -2.14. The number of esters is 1. The zero-order valence-corrected chi connectivity index (χ0v) is 15.4. The molecule has 0 fully saturated rings. The summed E-state index contributed by atoms with van der Waals surface area (Å²) in [6, 6.07) is 5.60. The molecule has 0 atom stereocenters. The molecule has 6 heteroatoms. The summed E-state index contributed by atoms with van der Waals surface area (Å²) in [5.74, 6) is -0.648. The van der Waals surface area contributed by atoms with E-state index in [1.807, 2.05) is 19.9 Å². The van der Waals surface area contributed by atoms with Gasteiger partial charge in [-0.1, -0.05) is 0 Å². The predicted molar refractivity (Wildman–Crippen MR) is 90.9 cm³/mol. The summed E-state index contributed by atoms with van der Waals surface area (Å²) in [5, 5.41) is 0. The number of aromatic nitrogens is 1. The van der Waals surface area contributed by atoms with E-state index in [0.29, 0.717) is 10.4 Å². The van der Waals surface area contributed by atoms with Gasteiger partial charge in [0.25, 0.3) is 0 Å². The van der Waals surface area contributed by atoms with E-state index in [0.717, 1.165) is 15.2 Å². The molecule has 22 heavy (non-hydrogen) atoms. The summed E-state index contributed by atoms with van der Waals surface area (Å²) in [5.41, 5.74) is 2.39. The highest BCUT2D eigenvalue weighted by molar-refractivity contribution is 9.11. The second-order valence-electron chi connectivity index (χ2n) is 5.35. The van der Waals surface area contributed by atoms with Crippen molar-refractivity contribution in [3.8, 4) is 0 Å². The number of carbonyl (C=O) groups excluding carboxylic acids is 2. The summed E-state index contributed by atoms with van der Waals surface area (Å²) < 4.78 is 8.13. The van der Waals surface area contributed by atoms with Crippen LogP contribution >= 0.6 is 27.3 Å². The van der Waals surface area contributed by atoms with Crippen molar-refractivity contribution in [3.05, 3.63) is 43.8 Å². The number of thiophene rings is 1. The first-order valence-corrected chi connectivity index (χ1v) is 8.56. The van der Waals surface area contributed by atoms with Crippen LogP contribution in [0.4, 0.5) is 0 Å². The third-order valence-electron chi connectivity index (χ3n) is 3.40. The molecule has 4 nitrogen and oxygen atoms in total. The fourth-order valence-electron chi connectivity index (χ4n) is 2.52. The first-order valence-electron chi connectivity index (χ1n) is 6.95. The fourth-order valence-corrected chi connectivity index (χ4v) is 3.83. The van der Waals surface area contributed by atoms with Gasteiger partial charge in [0.05, 0.1) is 14.2 Å². The maximum Gasteiger partial charge on any atom is 0.340 e. The van der Waals surface area contributed by atoms with E-state index in [1.165, 1.54) is 11.3 Å². The normalized spacial score (nSPS) is 11.0. The quantitative estimate of drug-likeness (QED) is 0.561. The molecule has 0 saturated carbocycles. The van der Waals surface area contributed by atoms with Crippen molar-refractivity contribution in [1.82, 2.24) is 4.57 Å². The molecule has 0 aliphatic rings. The lowest BCUT2D eigenvalue weighted by molar-refractivity contribution is 0.0475. The maximum atomic E-state index is 12.2. The van der Waals surface area contributed by atoms with Crippen molar-refractivity contribution in [2.75, 3.05) is 6.61 Å². The minimum Gasteiger partial charge on any atom is -0.454 e. The molecule has 0 radical (unpaired) electrons. The monoisotopic (exact) mass is 383 g/mol. The smallest absolute Gasteiger partial charge is 0.340 e. The summed E-state index contributed by atoms with van der Waals surface area (Å²) in [4.78, 5) is 24.7. The van der Waals surface area contributed by atoms with Gasteiger partial charge in [-0.25, -0.2) is 4.79 Å². The van der Waals surface area contributed by atoms with Gasteiger partial charge in [-0.2, -0.15) is 0 Å². The predicted octanol–water partition coefficient (Wildman–Crippen LogP) is 4.55. The van der Waals surface area contributed by atoms with E-state index >= 15 is 0 Å². The van der Waals surface area contributed by atoms with Crippen LogP contribution in [0.1, 0.15) is 51.3 Å². The molecule has 0 aliphatic heterocycles. The topological polar surface area (TPSA) is 48.3 Å². The number of rotatable bonds is 5. The van der Waals surface area contributed by atoms with E-state index in [2.05, 4.69) is 34.3 Å². The molecule has 0 aromatic carbocycles. The Morgan fingerprint density at radius 2 is 2.00 bits per heavy atom. The fraction of sp³-hybridized carbons (Fsp3) is 0.375. The highest BCUT2D eigenvalue weighted by atomic mass is 79.9. The maximum absolute atomic E-state index is 12.2. The Morgan fingerprint density at radius 1 is 1.32 bits per heavy atom. The van der Waals surface area contributed by atoms with Crippen LogP contribution in [0.15, 0.2) is 22.0 Å². The van der Waals surface area contributed by atoms with Gasteiger partial charge in [0, 0.05) is 17.4 Å². The van der Waals surface area contributed by atoms with E-state index in [1.54, 1.807) is 12.1 Å². The third kappa shape index (κ3) is 3.50. The minimum absolute atomic E-state index is 0.193. The van der Waals surface area contributed by atoms with Crippen LogP contribution in [0.2, 0.25) is 0 Å². The number of nitrogens with zero attached hydrogens (tertiary/aromatic N) is 1. The number of Topliss-reactive ketones (excluding diaryl/α,β-unsaturated/α-hetero) is 1. The van der Waals surface area contributed by atoms with Crippen LogP contribution in [-0.2, 0) is 4.74 Å². The lowest BCUT2D eigenvalue weighted by Gasteiger charge is -2.13. The number of hydrogen-bond acceptors (Lipinski definition) is 4. The van der Waals surface area contributed by atoms with E-state index in [4.69, 9.17) is 4.74 Å². The van der Waals surface area contributed by atoms with Crippen LogP contribution in [0, 0.1) is 13.8 Å². The molecule has 0 spiro atoms.